The molecule has 8 heteroatoms. The van der Waals surface area contributed by atoms with E-state index in [1.807, 2.05) is 13.8 Å². The van der Waals surface area contributed by atoms with E-state index in [1.54, 1.807) is 0 Å². The van der Waals surface area contributed by atoms with Gasteiger partial charge in [-0.1, -0.05) is 19.0 Å². The highest BCUT2D eigenvalue weighted by molar-refractivity contribution is 5.73. The summed E-state index contributed by atoms with van der Waals surface area (Å²) in [5.41, 5.74) is -0.869. The zero-order chi connectivity index (χ0) is 15.3. The Labute approximate surface area is 123 Å². The molecular weight excluding hydrogens is 274 g/mol. The minimum Gasteiger partial charge on any atom is -0.387 e. The minimum absolute atomic E-state index is 0.160. The Morgan fingerprint density at radius 2 is 2.33 bits per heavy atom. The third-order valence-corrected chi connectivity index (χ3v) is 3.41. The Morgan fingerprint density at radius 1 is 1.52 bits per heavy atom. The summed E-state index contributed by atoms with van der Waals surface area (Å²) in [7, 11) is 0. The van der Waals surface area contributed by atoms with Crippen molar-refractivity contribution in [1.29, 1.82) is 0 Å². The predicted octanol–water partition coefficient (Wildman–Crippen LogP) is 0.107. The molecule has 0 saturated carbocycles. The number of rotatable bonds is 5. The number of urea groups is 1. The molecule has 1 atom stereocenters. The van der Waals surface area contributed by atoms with Crippen LogP contribution in [-0.2, 0) is 6.54 Å². The first-order valence-corrected chi connectivity index (χ1v) is 7.26. The smallest absolute Gasteiger partial charge is 0.315 e. The molecule has 2 amide bonds. The number of nitrogens with one attached hydrogen (secondary N) is 3. The summed E-state index contributed by atoms with van der Waals surface area (Å²) in [5, 5.41) is 22.4. The lowest BCUT2D eigenvalue weighted by molar-refractivity contribution is 0.0194. The van der Waals surface area contributed by atoms with Gasteiger partial charge in [0.2, 0.25) is 5.89 Å². The molecule has 1 saturated heterocycles. The second kappa shape index (κ2) is 6.86. The lowest BCUT2D eigenvalue weighted by Gasteiger charge is -2.32. The summed E-state index contributed by atoms with van der Waals surface area (Å²) < 4.78 is 5.05. The quantitative estimate of drug-likeness (QED) is 0.613. The maximum absolute atomic E-state index is 11.7. The number of aromatic nitrogens is 2. The number of nitrogens with zero attached hydrogens (tertiary/aromatic N) is 2. The lowest BCUT2D eigenvalue weighted by Crippen LogP contribution is -2.54. The molecule has 1 unspecified atom stereocenters. The van der Waals surface area contributed by atoms with Crippen LogP contribution in [0.2, 0.25) is 0 Å². The minimum atomic E-state index is -0.869. The predicted molar refractivity (Wildman–Crippen MR) is 75.7 cm³/mol. The molecule has 0 aromatic carbocycles. The van der Waals surface area contributed by atoms with Crippen molar-refractivity contribution in [2.45, 2.75) is 44.8 Å². The summed E-state index contributed by atoms with van der Waals surface area (Å²) >= 11 is 0. The van der Waals surface area contributed by atoms with E-state index in [9.17, 15) is 9.90 Å². The molecule has 1 aliphatic heterocycles. The van der Waals surface area contributed by atoms with Crippen molar-refractivity contribution >= 4 is 6.03 Å². The number of β-amino-alcohol motifs (C(OH)–C–C–N with tert-alkyl or cyclic N) is 1. The van der Waals surface area contributed by atoms with E-state index in [1.165, 1.54) is 0 Å². The second-order valence-electron chi connectivity index (χ2n) is 5.74. The van der Waals surface area contributed by atoms with Crippen molar-refractivity contribution in [2.75, 3.05) is 19.6 Å². The zero-order valence-corrected chi connectivity index (χ0v) is 12.5. The van der Waals surface area contributed by atoms with Crippen LogP contribution in [0.15, 0.2) is 4.52 Å². The molecule has 0 aliphatic carbocycles. The molecular formula is C13H23N5O3. The third kappa shape index (κ3) is 4.68. The number of piperidine rings is 1. The van der Waals surface area contributed by atoms with E-state index in [4.69, 9.17) is 4.52 Å². The van der Waals surface area contributed by atoms with Crippen molar-refractivity contribution in [3.8, 4) is 0 Å². The first-order chi connectivity index (χ1) is 9.98. The molecule has 2 heterocycles. The van der Waals surface area contributed by atoms with Crippen molar-refractivity contribution in [3.63, 3.8) is 0 Å². The molecule has 1 aromatic heterocycles. The van der Waals surface area contributed by atoms with Gasteiger partial charge in [-0.2, -0.15) is 4.98 Å². The monoisotopic (exact) mass is 297 g/mol. The molecule has 1 aliphatic rings. The second-order valence-corrected chi connectivity index (χ2v) is 5.74. The van der Waals surface area contributed by atoms with Crippen molar-refractivity contribution in [3.05, 3.63) is 11.7 Å². The SMILES string of the molecule is CC(C)c1nc(CNC(=O)NCC2(O)CCCNC2)no1. The molecule has 4 N–H and O–H groups in total. The number of carbonyl (C=O) groups is 1. The number of hydrogen-bond donors (Lipinski definition) is 4. The summed E-state index contributed by atoms with van der Waals surface area (Å²) in [5.74, 6) is 1.15. The van der Waals surface area contributed by atoms with Crippen LogP contribution in [0, 0.1) is 0 Å². The first-order valence-electron chi connectivity index (χ1n) is 7.26. The van der Waals surface area contributed by atoms with Gasteiger partial charge in [-0.05, 0) is 19.4 Å². The highest BCUT2D eigenvalue weighted by Gasteiger charge is 2.29. The first kappa shape index (κ1) is 15.7. The third-order valence-electron chi connectivity index (χ3n) is 3.41. The van der Waals surface area contributed by atoms with Gasteiger partial charge < -0.3 is 25.6 Å². The van der Waals surface area contributed by atoms with E-state index >= 15 is 0 Å². The summed E-state index contributed by atoms with van der Waals surface area (Å²) in [6.07, 6.45) is 1.59. The summed E-state index contributed by atoms with van der Waals surface area (Å²) in [6.45, 7) is 5.72. The van der Waals surface area contributed by atoms with Gasteiger partial charge in [-0.25, -0.2) is 4.79 Å². The van der Waals surface area contributed by atoms with Gasteiger partial charge in [0.1, 0.15) is 0 Å². The van der Waals surface area contributed by atoms with Gasteiger partial charge in [0.25, 0.3) is 0 Å². The van der Waals surface area contributed by atoms with Crippen LogP contribution in [-0.4, -0.2) is 46.5 Å². The highest BCUT2D eigenvalue weighted by atomic mass is 16.5. The average Bonchev–Trinajstić information content (AvgIpc) is 2.93. The maximum Gasteiger partial charge on any atom is 0.315 e. The van der Waals surface area contributed by atoms with Crippen LogP contribution < -0.4 is 16.0 Å². The van der Waals surface area contributed by atoms with Crippen LogP contribution in [0.25, 0.3) is 0 Å². The van der Waals surface area contributed by atoms with E-state index in [-0.39, 0.29) is 25.0 Å². The largest absolute Gasteiger partial charge is 0.387 e. The molecule has 0 spiro atoms. The molecule has 118 valence electrons. The molecule has 0 radical (unpaired) electrons. The number of hydrogen-bond acceptors (Lipinski definition) is 6. The summed E-state index contributed by atoms with van der Waals surface area (Å²) in [6, 6.07) is -0.357. The van der Waals surface area contributed by atoms with Crippen molar-refractivity contribution in [2.24, 2.45) is 0 Å². The Hall–Kier alpha value is -1.67. The lowest BCUT2D eigenvalue weighted by atomic mass is 9.94. The fourth-order valence-electron chi connectivity index (χ4n) is 2.14. The molecule has 2 rings (SSSR count). The molecule has 0 bridgehead atoms. The molecule has 1 fully saturated rings. The van der Waals surface area contributed by atoms with E-state index < -0.39 is 5.60 Å². The number of aliphatic hydroxyl groups is 1. The van der Waals surface area contributed by atoms with E-state index in [0.717, 1.165) is 13.0 Å². The topological polar surface area (TPSA) is 112 Å². The molecule has 21 heavy (non-hydrogen) atoms. The Balaban J connectivity index is 1.71. The van der Waals surface area contributed by atoms with Crippen LogP contribution >= 0.6 is 0 Å². The number of amides is 2. The van der Waals surface area contributed by atoms with Gasteiger partial charge in [-0.15, -0.1) is 0 Å². The van der Waals surface area contributed by atoms with Gasteiger partial charge in [0, 0.05) is 19.0 Å². The standard InChI is InChI=1S/C13H23N5O3/c1-9(2)11-17-10(18-21-11)6-15-12(19)16-8-13(20)4-3-5-14-7-13/h9,14,20H,3-8H2,1-2H3,(H2,15,16,19). The van der Waals surface area contributed by atoms with Gasteiger partial charge in [-0.3, -0.25) is 0 Å². The van der Waals surface area contributed by atoms with Crippen LogP contribution in [0.3, 0.4) is 0 Å². The van der Waals surface area contributed by atoms with Crippen molar-refractivity contribution < 1.29 is 14.4 Å². The van der Waals surface area contributed by atoms with Crippen LogP contribution in [0.1, 0.15) is 44.3 Å². The Morgan fingerprint density at radius 3 is 2.95 bits per heavy atom. The average molecular weight is 297 g/mol. The fourth-order valence-corrected chi connectivity index (χ4v) is 2.14. The molecule has 1 aromatic rings. The van der Waals surface area contributed by atoms with Crippen molar-refractivity contribution in [1.82, 2.24) is 26.1 Å². The maximum atomic E-state index is 11.7. The highest BCUT2D eigenvalue weighted by Crippen LogP contribution is 2.14. The van der Waals surface area contributed by atoms with Crippen LogP contribution in [0.5, 0.6) is 0 Å². The van der Waals surface area contributed by atoms with E-state index in [0.29, 0.717) is 24.7 Å². The van der Waals surface area contributed by atoms with Gasteiger partial charge >= 0.3 is 6.03 Å². The Kier molecular flexibility index (Phi) is 5.13. The number of carbonyl (C=O) groups excluding carboxylic acids is 1. The normalized spacial score (nSPS) is 22.3. The van der Waals surface area contributed by atoms with E-state index in [2.05, 4.69) is 26.1 Å². The zero-order valence-electron chi connectivity index (χ0n) is 12.5. The molecule has 8 nitrogen and oxygen atoms in total. The van der Waals surface area contributed by atoms with Gasteiger partial charge in [0.15, 0.2) is 5.82 Å². The van der Waals surface area contributed by atoms with Gasteiger partial charge in [0.05, 0.1) is 12.1 Å². The summed E-state index contributed by atoms with van der Waals surface area (Å²) in [4.78, 5) is 15.9. The Bertz CT molecular complexity index is 468. The van der Waals surface area contributed by atoms with Crippen LogP contribution in [0.4, 0.5) is 4.79 Å². The fraction of sp³-hybridized carbons (Fsp3) is 0.769.